The zero-order chi connectivity index (χ0) is 18.7. The summed E-state index contributed by atoms with van der Waals surface area (Å²) in [6.07, 6.45) is 4.17. The van der Waals surface area contributed by atoms with Gasteiger partial charge in [0.15, 0.2) is 0 Å². The van der Waals surface area contributed by atoms with Crippen LogP contribution in [-0.4, -0.2) is 40.8 Å². The maximum absolute atomic E-state index is 12.3. The number of nitro benzene ring substituents is 1. The molecule has 0 aliphatic carbocycles. The number of nitrogens with zero attached hydrogens (tertiary/aromatic N) is 2. The van der Waals surface area contributed by atoms with Gasteiger partial charge in [0.2, 0.25) is 5.91 Å². The number of hydrogen-bond acceptors (Lipinski definition) is 6. The molecule has 1 saturated heterocycles. The monoisotopic (exact) mass is 358 g/mol. The van der Waals surface area contributed by atoms with E-state index in [4.69, 9.17) is 10.2 Å². The number of carbonyl (C=O) groups is 2. The minimum Gasteiger partial charge on any atom is -0.472 e. The lowest BCUT2D eigenvalue weighted by atomic mass is 10.0. The van der Waals surface area contributed by atoms with Gasteiger partial charge in [-0.3, -0.25) is 19.7 Å². The summed E-state index contributed by atoms with van der Waals surface area (Å²) >= 11 is 0. The van der Waals surface area contributed by atoms with Crippen molar-refractivity contribution in [3.05, 3.63) is 58.0 Å². The van der Waals surface area contributed by atoms with Crippen molar-refractivity contribution in [2.75, 3.05) is 18.4 Å². The highest BCUT2D eigenvalue weighted by molar-refractivity contribution is 5.94. The number of primary amides is 1. The lowest BCUT2D eigenvalue weighted by molar-refractivity contribution is -0.384. The second kappa shape index (κ2) is 7.26. The number of nitrogens with one attached hydrogen (secondary N) is 1. The molecule has 1 fully saturated rings. The molecular weight excluding hydrogens is 340 g/mol. The minimum absolute atomic E-state index is 0.0125. The molecule has 2 aromatic rings. The van der Waals surface area contributed by atoms with Crippen molar-refractivity contribution < 1.29 is 18.9 Å². The van der Waals surface area contributed by atoms with E-state index in [0.717, 1.165) is 0 Å². The van der Waals surface area contributed by atoms with Gasteiger partial charge in [0, 0.05) is 30.8 Å². The third-order valence-corrected chi connectivity index (χ3v) is 4.39. The van der Waals surface area contributed by atoms with E-state index in [1.807, 2.05) is 0 Å². The predicted molar refractivity (Wildman–Crippen MR) is 92.9 cm³/mol. The zero-order valence-corrected chi connectivity index (χ0v) is 13.9. The fourth-order valence-electron chi connectivity index (χ4n) is 2.97. The van der Waals surface area contributed by atoms with Crippen LogP contribution in [0.4, 0.5) is 11.4 Å². The van der Waals surface area contributed by atoms with E-state index in [9.17, 15) is 19.7 Å². The number of rotatable bonds is 5. The lowest BCUT2D eigenvalue weighted by Crippen LogP contribution is -2.42. The Hall–Kier alpha value is -3.36. The summed E-state index contributed by atoms with van der Waals surface area (Å²) in [5, 5.41) is 14.4. The fourth-order valence-corrected chi connectivity index (χ4v) is 2.97. The number of anilines is 1. The Morgan fingerprint density at radius 2 is 1.96 bits per heavy atom. The normalized spacial score (nSPS) is 14.8. The number of furan rings is 1. The van der Waals surface area contributed by atoms with Gasteiger partial charge < -0.3 is 20.4 Å². The summed E-state index contributed by atoms with van der Waals surface area (Å²) in [5.74, 6) is -0.806. The van der Waals surface area contributed by atoms with E-state index >= 15 is 0 Å². The number of benzene rings is 1. The fraction of sp³-hybridized carbons (Fsp3) is 0.294. The molecular formula is C17H18N4O5. The molecule has 1 aliphatic rings. The molecule has 1 aliphatic heterocycles. The second-order valence-corrected chi connectivity index (χ2v) is 6.08. The first kappa shape index (κ1) is 17.5. The van der Waals surface area contributed by atoms with E-state index in [0.29, 0.717) is 37.2 Å². The third-order valence-electron chi connectivity index (χ3n) is 4.39. The molecule has 0 unspecified atom stereocenters. The molecule has 0 radical (unpaired) electrons. The van der Waals surface area contributed by atoms with Crippen LogP contribution < -0.4 is 11.1 Å². The van der Waals surface area contributed by atoms with Gasteiger partial charge in [0.25, 0.3) is 11.6 Å². The number of hydrogen-bond donors (Lipinski definition) is 2. The van der Waals surface area contributed by atoms with Crippen LogP contribution in [0.25, 0.3) is 0 Å². The van der Waals surface area contributed by atoms with Crippen molar-refractivity contribution in [2.24, 2.45) is 5.73 Å². The number of carbonyl (C=O) groups excluding carboxylic acids is 2. The third kappa shape index (κ3) is 3.66. The van der Waals surface area contributed by atoms with Gasteiger partial charge in [-0.1, -0.05) is 0 Å². The number of likely N-dealkylation sites (tertiary alicyclic amines) is 1. The van der Waals surface area contributed by atoms with Crippen LogP contribution in [0.5, 0.6) is 0 Å². The quantitative estimate of drug-likeness (QED) is 0.621. The number of piperidine rings is 1. The Labute approximate surface area is 148 Å². The second-order valence-electron chi connectivity index (χ2n) is 6.08. The van der Waals surface area contributed by atoms with Crippen LogP contribution in [0, 0.1) is 10.1 Å². The molecule has 3 N–H and O–H groups in total. The first-order valence-electron chi connectivity index (χ1n) is 8.12. The van der Waals surface area contributed by atoms with E-state index in [-0.39, 0.29) is 23.2 Å². The minimum atomic E-state index is -0.717. The largest absolute Gasteiger partial charge is 0.472 e. The molecule has 2 amide bonds. The summed E-state index contributed by atoms with van der Waals surface area (Å²) in [6, 6.07) is 5.72. The molecule has 0 spiro atoms. The Balaban J connectivity index is 1.65. The summed E-state index contributed by atoms with van der Waals surface area (Å²) < 4.78 is 4.93. The molecule has 9 nitrogen and oxygen atoms in total. The molecule has 9 heteroatoms. The smallest absolute Gasteiger partial charge is 0.293 e. The highest BCUT2D eigenvalue weighted by Gasteiger charge is 2.26. The molecule has 1 aromatic heterocycles. The first-order chi connectivity index (χ1) is 12.5. The van der Waals surface area contributed by atoms with Crippen molar-refractivity contribution in [3.8, 4) is 0 Å². The maximum atomic E-state index is 12.3. The van der Waals surface area contributed by atoms with Crippen LogP contribution >= 0.6 is 0 Å². The Bertz CT molecular complexity index is 826. The summed E-state index contributed by atoms with van der Waals surface area (Å²) in [4.78, 5) is 35.9. The maximum Gasteiger partial charge on any atom is 0.293 e. The highest BCUT2D eigenvalue weighted by atomic mass is 16.6. The van der Waals surface area contributed by atoms with Crippen LogP contribution in [0.1, 0.15) is 33.6 Å². The number of nitrogens with two attached hydrogens (primary N) is 1. The van der Waals surface area contributed by atoms with Crippen molar-refractivity contribution in [2.45, 2.75) is 18.9 Å². The number of nitro groups is 1. The molecule has 1 aromatic carbocycles. The molecule has 0 saturated carbocycles. The predicted octanol–water partition coefficient (Wildman–Crippen LogP) is 2.00. The molecule has 26 heavy (non-hydrogen) atoms. The highest BCUT2D eigenvalue weighted by Crippen LogP contribution is 2.28. The zero-order valence-electron chi connectivity index (χ0n) is 13.9. The van der Waals surface area contributed by atoms with Gasteiger partial charge in [-0.25, -0.2) is 0 Å². The summed E-state index contributed by atoms with van der Waals surface area (Å²) in [6.45, 7) is 1.07. The Kier molecular flexibility index (Phi) is 4.87. The molecule has 0 bridgehead atoms. The van der Waals surface area contributed by atoms with Gasteiger partial charge in [-0.05, 0) is 31.0 Å². The van der Waals surface area contributed by atoms with E-state index in [1.54, 1.807) is 11.0 Å². The number of amides is 2. The Morgan fingerprint density at radius 3 is 2.54 bits per heavy atom. The molecule has 2 heterocycles. The SMILES string of the molecule is NC(=O)c1ccc(NC2CCN(C(=O)c3ccoc3)CC2)c([N+](=O)[O-])c1. The first-order valence-corrected chi connectivity index (χ1v) is 8.12. The summed E-state index contributed by atoms with van der Waals surface area (Å²) in [7, 11) is 0. The van der Waals surface area contributed by atoms with E-state index in [1.165, 1.54) is 30.7 Å². The average molecular weight is 358 g/mol. The van der Waals surface area contributed by atoms with Gasteiger partial charge in [-0.2, -0.15) is 0 Å². The van der Waals surface area contributed by atoms with Crippen LogP contribution in [0.3, 0.4) is 0 Å². The van der Waals surface area contributed by atoms with E-state index < -0.39 is 10.8 Å². The topological polar surface area (TPSA) is 132 Å². The van der Waals surface area contributed by atoms with Gasteiger partial charge in [0.1, 0.15) is 12.0 Å². The van der Waals surface area contributed by atoms with Gasteiger partial charge >= 0.3 is 0 Å². The molecule has 0 atom stereocenters. The van der Waals surface area contributed by atoms with Crippen molar-refractivity contribution in [3.63, 3.8) is 0 Å². The lowest BCUT2D eigenvalue weighted by Gasteiger charge is -2.32. The summed E-state index contributed by atoms with van der Waals surface area (Å²) in [5.41, 5.74) is 5.91. The molecule has 3 rings (SSSR count). The average Bonchev–Trinajstić information content (AvgIpc) is 3.16. The standard InChI is InChI=1S/C17H18N4O5/c18-16(22)11-1-2-14(15(9-11)21(24)25)19-13-3-6-20(7-4-13)17(23)12-5-8-26-10-12/h1-2,5,8-10,13,19H,3-4,6-7H2,(H2,18,22). The van der Waals surface area contributed by atoms with Gasteiger partial charge in [-0.15, -0.1) is 0 Å². The van der Waals surface area contributed by atoms with Crippen molar-refractivity contribution in [1.29, 1.82) is 0 Å². The Morgan fingerprint density at radius 1 is 1.23 bits per heavy atom. The van der Waals surface area contributed by atoms with Crippen LogP contribution in [-0.2, 0) is 0 Å². The van der Waals surface area contributed by atoms with Crippen LogP contribution in [0.15, 0.2) is 41.2 Å². The van der Waals surface area contributed by atoms with Gasteiger partial charge in [0.05, 0.1) is 16.7 Å². The van der Waals surface area contributed by atoms with Crippen molar-refractivity contribution >= 4 is 23.2 Å². The van der Waals surface area contributed by atoms with Crippen LogP contribution in [0.2, 0.25) is 0 Å². The molecule has 136 valence electrons. The van der Waals surface area contributed by atoms with E-state index in [2.05, 4.69) is 5.32 Å². The van der Waals surface area contributed by atoms with Crippen molar-refractivity contribution in [1.82, 2.24) is 4.90 Å².